The van der Waals surface area contributed by atoms with Crippen LogP contribution in [-0.4, -0.2) is 154 Å². The van der Waals surface area contributed by atoms with E-state index in [4.69, 9.17) is 30.4 Å². The van der Waals surface area contributed by atoms with Gasteiger partial charge in [-0.3, -0.25) is 19.0 Å². The summed E-state index contributed by atoms with van der Waals surface area (Å²) >= 11 is 0. The number of fused-ring (bicyclic) bond motifs is 1. The summed E-state index contributed by atoms with van der Waals surface area (Å²) in [5, 5.41) is 41.0. The summed E-state index contributed by atoms with van der Waals surface area (Å²) in [6.45, 7) is 7.74. The largest absolute Gasteiger partial charge is 0.480 e. The lowest BCUT2D eigenvalue weighted by Crippen LogP contribution is -2.39. The molecule has 20 nitrogen and oxygen atoms in total. The molecule has 5 atom stereocenters. The van der Waals surface area contributed by atoms with Crippen molar-refractivity contribution >= 4 is 51.9 Å². The minimum absolute atomic E-state index is 0.203. The molecule has 10 N–H and O–H groups in total. The number of hydrazone groups is 1. The molecular formula is C41H63N10O10S+. The molecule has 2 aromatic heterocycles. The molecule has 0 saturated carbocycles. The van der Waals surface area contributed by atoms with Gasteiger partial charge in [-0.2, -0.15) is 5.10 Å². The van der Waals surface area contributed by atoms with Gasteiger partial charge in [0.05, 0.1) is 52.0 Å². The number of imidazole rings is 1. The van der Waals surface area contributed by atoms with E-state index in [0.29, 0.717) is 124 Å². The highest BCUT2D eigenvalue weighted by atomic mass is 32.2. The number of rotatable bonds is 32. The number of amides is 2. The van der Waals surface area contributed by atoms with Gasteiger partial charge in [0.25, 0.3) is 5.91 Å². The molecule has 342 valence electrons. The summed E-state index contributed by atoms with van der Waals surface area (Å²) < 4.78 is 23.3. The van der Waals surface area contributed by atoms with E-state index in [9.17, 15) is 29.7 Å². The molecule has 3 rings (SSSR count). The van der Waals surface area contributed by atoms with Crippen molar-refractivity contribution in [3.8, 4) is 11.8 Å². The standard InChI is InChI=1S/C41H62N10O10S/c1-3-16-44-37-36-38(47-28-46-37)51(29-48-36)41(57)61-34(30(2)52)27-62(25-14-33(43)40(55)56)24-8-6-4-5-7-9-35(53)50-49-26-31-10-12-32(13-11-31)39(54)45-17-19-59-21-23-60-22-20-58-18-15-42/h10-13,26,28-30,33-34,41,52,57H,3-5,7,9,14-25,27,42-43H2,1-2H3,(H3-,44,45,46,47,50,53,54,55,56)/p+1/t30-,33?,34?,41+,62?/m1/s1. The van der Waals surface area contributed by atoms with E-state index in [1.165, 1.54) is 23.4 Å². The fourth-order valence-corrected chi connectivity index (χ4v) is 7.57. The number of aliphatic hydroxyl groups is 2. The number of hydrogen-bond donors (Lipinski definition) is 8. The van der Waals surface area contributed by atoms with Crippen LogP contribution in [0, 0.1) is 11.8 Å². The summed E-state index contributed by atoms with van der Waals surface area (Å²) in [4.78, 5) is 49.0. The molecule has 0 saturated heterocycles. The lowest BCUT2D eigenvalue weighted by atomic mass is 10.1. The lowest BCUT2D eigenvalue weighted by molar-refractivity contribution is -0.195. The van der Waals surface area contributed by atoms with Crippen molar-refractivity contribution < 1.29 is 48.7 Å². The average Bonchev–Trinajstić information content (AvgIpc) is 3.71. The Morgan fingerprint density at radius 1 is 0.984 bits per heavy atom. The van der Waals surface area contributed by atoms with E-state index in [2.05, 4.69) is 48.0 Å². The minimum atomic E-state index is -1.52. The van der Waals surface area contributed by atoms with Gasteiger partial charge in [-0.1, -0.05) is 25.0 Å². The van der Waals surface area contributed by atoms with E-state index < -0.39 is 41.5 Å². The molecule has 0 aliphatic heterocycles. The summed E-state index contributed by atoms with van der Waals surface area (Å²) in [5.74, 6) is 6.36. The van der Waals surface area contributed by atoms with Crippen LogP contribution in [0.4, 0.5) is 5.82 Å². The summed E-state index contributed by atoms with van der Waals surface area (Å²) in [7, 11) is -0.539. The second-order valence-corrected chi connectivity index (χ2v) is 16.2. The van der Waals surface area contributed by atoms with Crippen molar-refractivity contribution in [2.45, 2.75) is 77.0 Å². The number of nitrogens with one attached hydrogen (secondary N) is 3. The molecule has 0 spiro atoms. The number of aliphatic carboxylic acids is 1. The van der Waals surface area contributed by atoms with Crippen molar-refractivity contribution in [1.82, 2.24) is 30.3 Å². The zero-order chi connectivity index (χ0) is 45.0. The SMILES string of the molecule is CCCNc1ncnc2c1ncn2[C@@H](O)OC(C[S+](CC#CCCCCC(=O)N/N=C\c1ccc(C(=O)NCCOCCOCCOCCN)cc1)CCC(N)C(=O)O)[C@@H](C)O. The number of hydrogen-bond acceptors (Lipinski definition) is 16. The Labute approximate surface area is 365 Å². The van der Waals surface area contributed by atoms with Crippen LogP contribution >= 0.6 is 0 Å². The number of ether oxygens (including phenoxy) is 4. The molecule has 0 aliphatic carbocycles. The highest BCUT2D eigenvalue weighted by molar-refractivity contribution is 7.97. The van der Waals surface area contributed by atoms with Crippen molar-refractivity contribution in [2.24, 2.45) is 16.6 Å². The zero-order valence-electron chi connectivity index (χ0n) is 35.6. The highest BCUT2D eigenvalue weighted by Crippen LogP contribution is 2.22. The molecule has 0 bridgehead atoms. The number of carbonyl (C=O) groups excluding carboxylic acids is 2. The van der Waals surface area contributed by atoms with E-state index >= 15 is 0 Å². The molecule has 0 aliphatic rings. The molecular weight excluding hydrogens is 825 g/mol. The Kier molecular flexibility index (Phi) is 25.2. The molecule has 1 aromatic carbocycles. The maximum absolute atomic E-state index is 12.4. The van der Waals surface area contributed by atoms with E-state index in [0.717, 1.165) is 6.42 Å². The molecule has 3 aromatic rings. The fourth-order valence-electron chi connectivity index (χ4n) is 5.42. The molecule has 0 radical (unpaired) electrons. The van der Waals surface area contributed by atoms with Crippen LogP contribution in [0.25, 0.3) is 11.2 Å². The Hall–Kier alpha value is -4.76. The van der Waals surface area contributed by atoms with Gasteiger partial charge >= 0.3 is 5.97 Å². The minimum Gasteiger partial charge on any atom is -0.480 e. The first-order chi connectivity index (χ1) is 30.0. The quantitative estimate of drug-likeness (QED) is 0.0107. The van der Waals surface area contributed by atoms with Crippen LogP contribution in [0.15, 0.2) is 42.0 Å². The van der Waals surface area contributed by atoms with Crippen molar-refractivity contribution in [3.05, 3.63) is 48.0 Å². The highest BCUT2D eigenvalue weighted by Gasteiger charge is 2.31. The van der Waals surface area contributed by atoms with E-state index in [1.54, 1.807) is 31.2 Å². The number of benzene rings is 1. The lowest BCUT2D eigenvalue weighted by Gasteiger charge is -2.24. The van der Waals surface area contributed by atoms with E-state index in [1.807, 2.05) is 6.92 Å². The van der Waals surface area contributed by atoms with Crippen molar-refractivity contribution in [2.75, 3.05) is 81.9 Å². The topological polar surface area (TPSA) is 293 Å². The molecule has 62 heavy (non-hydrogen) atoms. The molecule has 2 heterocycles. The summed E-state index contributed by atoms with van der Waals surface area (Å²) in [6, 6.07) is 5.73. The Balaban J connectivity index is 1.38. The number of unbranched alkanes of at least 4 members (excludes halogenated alkanes) is 2. The molecule has 3 unspecified atom stereocenters. The van der Waals surface area contributed by atoms with Crippen LogP contribution in [0.5, 0.6) is 0 Å². The Bertz CT molecular complexity index is 1860. The van der Waals surface area contributed by atoms with Crippen LogP contribution in [0.2, 0.25) is 0 Å². The van der Waals surface area contributed by atoms with Gasteiger partial charge in [-0.25, -0.2) is 20.4 Å². The number of carboxylic acid groups (broad SMARTS) is 1. The third kappa shape index (κ3) is 20.0. The number of aliphatic hydroxyl groups excluding tert-OH is 2. The smallest absolute Gasteiger partial charge is 0.320 e. The van der Waals surface area contributed by atoms with Gasteiger partial charge in [-0.15, -0.1) is 0 Å². The number of anilines is 1. The number of carbonyl (C=O) groups is 3. The second kappa shape index (κ2) is 30.3. The van der Waals surface area contributed by atoms with Gasteiger partial charge in [0.1, 0.15) is 36.3 Å². The Morgan fingerprint density at radius 3 is 2.40 bits per heavy atom. The van der Waals surface area contributed by atoms with Crippen LogP contribution in [0.1, 0.15) is 74.7 Å². The van der Waals surface area contributed by atoms with Crippen LogP contribution in [0.3, 0.4) is 0 Å². The van der Waals surface area contributed by atoms with Crippen LogP contribution < -0.4 is 27.5 Å². The first-order valence-corrected chi connectivity index (χ1v) is 22.4. The average molecular weight is 888 g/mol. The van der Waals surface area contributed by atoms with Crippen LogP contribution in [-0.2, 0) is 39.4 Å². The number of aromatic nitrogens is 4. The number of nitrogens with two attached hydrogens (primary N) is 2. The zero-order valence-corrected chi connectivity index (χ0v) is 36.4. The van der Waals surface area contributed by atoms with Crippen molar-refractivity contribution in [1.29, 1.82) is 0 Å². The predicted molar refractivity (Wildman–Crippen MR) is 236 cm³/mol. The predicted octanol–water partition coefficient (Wildman–Crippen LogP) is 0.735. The number of carboxylic acids is 1. The molecule has 2 amide bonds. The van der Waals surface area contributed by atoms with Gasteiger partial charge in [0, 0.05) is 55.4 Å². The Morgan fingerprint density at radius 2 is 1.71 bits per heavy atom. The fraction of sp³-hybridized carbons (Fsp3) is 0.585. The van der Waals surface area contributed by atoms with Crippen molar-refractivity contribution in [3.63, 3.8) is 0 Å². The molecule has 0 fully saturated rings. The maximum atomic E-state index is 12.4. The number of nitrogens with zero attached hydrogens (tertiary/aromatic N) is 5. The van der Waals surface area contributed by atoms with Gasteiger partial charge in [0.15, 0.2) is 22.7 Å². The third-order valence-electron chi connectivity index (χ3n) is 8.88. The van der Waals surface area contributed by atoms with Gasteiger partial charge in [0.2, 0.25) is 12.3 Å². The maximum Gasteiger partial charge on any atom is 0.320 e. The third-order valence-corrected chi connectivity index (χ3v) is 11.0. The summed E-state index contributed by atoms with van der Waals surface area (Å²) in [6.07, 6.45) is 4.05. The summed E-state index contributed by atoms with van der Waals surface area (Å²) in [5.41, 5.74) is 15.7. The van der Waals surface area contributed by atoms with Gasteiger partial charge in [-0.05, 0) is 49.8 Å². The molecule has 21 heteroatoms. The first kappa shape index (κ1) is 51.6. The normalized spacial score (nSPS) is 13.8. The van der Waals surface area contributed by atoms with Gasteiger partial charge < -0.3 is 56.4 Å². The monoisotopic (exact) mass is 887 g/mol. The first-order valence-electron chi connectivity index (χ1n) is 20.7. The van der Waals surface area contributed by atoms with E-state index in [-0.39, 0.29) is 24.7 Å². The second-order valence-electron chi connectivity index (χ2n) is 13.9.